The van der Waals surface area contributed by atoms with E-state index in [2.05, 4.69) is 0 Å². The normalized spacial score (nSPS) is 20.9. The Bertz CT molecular complexity index is 698. The van der Waals surface area contributed by atoms with Crippen LogP contribution in [0.1, 0.15) is 67.1 Å². The van der Waals surface area contributed by atoms with Gasteiger partial charge in [-0.2, -0.15) is 0 Å². The average Bonchev–Trinajstić information content (AvgIpc) is 2.34. The zero-order valence-corrected chi connectivity index (χ0v) is 13.7. The molecular weight excluding hydrogens is 280 g/mol. The van der Waals surface area contributed by atoms with E-state index in [1.807, 2.05) is 13.8 Å². The van der Waals surface area contributed by atoms with Crippen LogP contribution in [0.25, 0.3) is 6.08 Å². The molecule has 4 nitrogen and oxygen atoms in total. The smallest absolute Gasteiger partial charge is 0.199 e. The van der Waals surface area contributed by atoms with Crippen molar-refractivity contribution >= 4 is 17.6 Å². The Kier molecular flexibility index (Phi) is 4.00. The van der Waals surface area contributed by atoms with Gasteiger partial charge in [-0.15, -0.1) is 0 Å². The summed E-state index contributed by atoms with van der Waals surface area (Å²) in [7, 11) is 0. The number of carbonyl (C=O) groups excluding carboxylic acids is 2. The van der Waals surface area contributed by atoms with E-state index >= 15 is 0 Å². The van der Waals surface area contributed by atoms with E-state index < -0.39 is 11.4 Å². The molecule has 118 valence electrons. The second-order valence-corrected chi connectivity index (χ2v) is 6.47. The SMILES string of the molecule is CC(=O)CC1(O)C(=O)c2c(C)cc(O)c(C(C)C)c2C=C1C. The van der Waals surface area contributed by atoms with Gasteiger partial charge in [-0.25, -0.2) is 0 Å². The highest BCUT2D eigenvalue weighted by Crippen LogP contribution is 2.42. The van der Waals surface area contributed by atoms with Crippen molar-refractivity contribution in [3.05, 3.63) is 33.9 Å². The summed E-state index contributed by atoms with van der Waals surface area (Å²) in [5.74, 6) is -0.519. The topological polar surface area (TPSA) is 74.6 Å². The maximum Gasteiger partial charge on any atom is 0.199 e. The molecule has 0 aliphatic heterocycles. The molecule has 1 atom stereocenters. The fourth-order valence-corrected chi connectivity index (χ4v) is 3.20. The Labute approximate surface area is 130 Å². The lowest BCUT2D eigenvalue weighted by Gasteiger charge is -2.33. The minimum Gasteiger partial charge on any atom is -0.508 e. The summed E-state index contributed by atoms with van der Waals surface area (Å²) >= 11 is 0. The van der Waals surface area contributed by atoms with Crippen LogP contribution in [0.3, 0.4) is 0 Å². The standard InChI is InChI=1S/C18H22O4/c1-9(2)15-13-7-11(4)18(22,8-12(5)19)17(21)16(13)10(3)6-14(15)20/h6-7,9,20,22H,8H2,1-5H3. The van der Waals surface area contributed by atoms with Gasteiger partial charge in [0.15, 0.2) is 11.4 Å². The van der Waals surface area contributed by atoms with E-state index in [0.29, 0.717) is 27.8 Å². The van der Waals surface area contributed by atoms with E-state index in [9.17, 15) is 19.8 Å². The van der Waals surface area contributed by atoms with Crippen molar-refractivity contribution in [1.29, 1.82) is 0 Å². The monoisotopic (exact) mass is 302 g/mol. The Balaban J connectivity index is 2.78. The number of aliphatic hydroxyl groups is 1. The molecule has 1 unspecified atom stereocenters. The number of aromatic hydroxyl groups is 1. The maximum absolute atomic E-state index is 12.9. The molecule has 1 aromatic carbocycles. The van der Waals surface area contributed by atoms with Gasteiger partial charge >= 0.3 is 0 Å². The van der Waals surface area contributed by atoms with Crippen molar-refractivity contribution in [2.75, 3.05) is 0 Å². The van der Waals surface area contributed by atoms with E-state index in [4.69, 9.17) is 0 Å². The number of aryl methyl sites for hydroxylation is 1. The van der Waals surface area contributed by atoms with E-state index in [-0.39, 0.29) is 23.9 Å². The van der Waals surface area contributed by atoms with E-state index in [1.165, 1.54) is 6.92 Å². The number of benzene rings is 1. The molecule has 2 N–H and O–H groups in total. The van der Waals surface area contributed by atoms with Crippen LogP contribution in [0.2, 0.25) is 0 Å². The van der Waals surface area contributed by atoms with Crippen molar-refractivity contribution in [2.45, 2.75) is 52.6 Å². The van der Waals surface area contributed by atoms with Gasteiger partial charge < -0.3 is 10.2 Å². The number of carbonyl (C=O) groups is 2. The minimum atomic E-state index is -1.78. The van der Waals surface area contributed by atoms with Gasteiger partial charge in [0, 0.05) is 17.5 Å². The van der Waals surface area contributed by atoms with Gasteiger partial charge in [0.25, 0.3) is 0 Å². The van der Waals surface area contributed by atoms with Crippen LogP contribution >= 0.6 is 0 Å². The van der Waals surface area contributed by atoms with Gasteiger partial charge in [0.1, 0.15) is 11.5 Å². The molecule has 0 saturated heterocycles. The molecule has 0 aromatic heterocycles. The lowest BCUT2D eigenvalue weighted by molar-refractivity contribution is -0.119. The van der Waals surface area contributed by atoms with Crippen molar-refractivity contribution in [2.24, 2.45) is 0 Å². The van der Waals surface area contributed by atoms with E-state index in [0.717, 1.165) is 0 Å². The van der Waals surface area contributed by atoms with Gasteiger partial charge in [0.05, 0.1) is 0 Å². The second kappa shape index (κ2) is 5.36. The molecule has 1 aliphatic rings. The third-order valence-corrected chi connectivity index (χ3v) is 4.28. The number of fused-ring (bicyclic) bond motifs is 1. The zero-order chi connectivity index (χ0) is 16.8. The molecule has 1 aromatic rings. The van der Waals surface area contributed by atoms with Crippen molar-refractivity contribution in [3.8, 4) is 5.75 Å². The third kappa shape index (κ3) is 2.37. The van der Waals surface area contributed by atoms with Crippen LogP contribution in [-0.2, 0) is 4.79 Å². The number of phenols is 1. The molecule has 2 rings (SSSR count). The summed E-state index contributed by atoms with van der Waals surface area (Å²) in [5, 5.41) is 21.0. The Morgan fingerprint density at radius 1 is 1.32 bits per heavy atom. The number of ketones is 2. The molecule has 0 saturated carbocycles. The minimum absolute atomic E-state index is 0.0326. The van der Waals surface area contributed by atoms with E-state index in [1.54, 1.807) is 26.0 Å². The molecule has 22 heavy (non-hydrogen) atoms. The quantitative estimate of drug-likeness (QED) is 0.899. The van der Waals surface area contributed by atoms with Gasteiger partial charge in [-0.3, -0.25) is 9.59 Å². The Morgan fingerprint density at radius 2 is 1.91 bits per heavy atom. The molecule has 0 heterocycles. The summed E-state index contributed by atoms with van der Waals surface area (Å²) in [4.78, 5) is 24.3. The first-order chi connectivity index (χ1) is 10.1. The lowest BCUT2D eigenvalue weighted by Crippen LogP contribution is -2.44. The summed E-state index contributed by atoms with van der Waals surface area (Å²) in [6.45, 7) is 8.61. The number of hydrogen-bond acceptors (Lipinski definition) is 4. The van der Waals surface area contributed by atoms with Crippen molar-refractivity contribution < 1.29 is 19.8 Å². The first-order valence-electron chi connectivity index (χ1n) is 7.41. The zero-order valence-electron chi connectivity index (χ0n) is 13.7. The van der Waals surface area contributed by atoms with Crippen molar-refractivity contribution in [1.82, 2.24) is 0 Å². The van der Waals surface area contributed by atoms with Crippen LogP contribution in [-0.4, -0.2) is 27.4 Å². The second-order valence-electron chi connectivity index (χ2n) is 6.47. The summed E-state index contributed by atoms with van der Waals surface area (Å²) in [6, 6.07) is 1.55. The largest absolute Gasteiger partial charge is 0.508 e. The summed E-state index contributed by atoms with van der Waals surface area (Å²) < 4.78 is 0. The van der Waals surface area contributed by atoms with Crippen LogP contribution in [0, 0.1) is 6.92 Å². The van der Waals surface area contributed by atoms with Crippen LogP contribution in [0.4, 0.5) is 0 Å². The van der Waals surface area contributed by atoms with Crippen LogP contribution in [0.5, 0.6) is 5.75 Å². The summed E-state index contributed by atoms with van der Waals surface area (Å²) in [5.41, 5.74) is 1.01. The number of phenolic OH excluding ortho intramolecular Hbond substituents is 1. The predicted molar refractivity (Wildman–Crippen MR) is 85.2 cm³/mol. The van der Waals surface area contributed by atoms with Gasteiger partial charge in [-0.1, -0.05) is 19.9 Å². The predicted octanol–water partition coefficient (Wildman–Crippen LogP) is 3.13. The fourth-order valence-electron chi connectivity index (χ4n) is 3.20. The highest BCUT2D eigenvalue weighted by molar-refractivity contribution is 6.13. The Morgan fingerprint density at radius 3 is 2.41 bits per heavy atom. The first kappa shape index (κ1) is 16.4. The molecule has 0 radical (unpaired) electrons. The Hall–Kier alpha value is -1.94. The van der Waals surface area contributed by atoms with Gasteiger partial charge in [-0.05, 0) is 49.5 Å². The van der Waals surface area contributed by atoms with Crippen LogP contribution in [0.15, 0.2) is 11.6 Å². The average molecular weight is 302 g/mol. The third-order valence-electron chi connectivity index (χ3n) is 4.28. The highest BCUT2D eigenvalue weighted by atomic mass is 16.3. The molecule has 0 amide bonds. The van der Waals surface area contributed by atoms with Crippen molar-refractivity contribution in [3.63, 3.8) is 0 Å². The number of hydrogen-bond donors (Lipinski definition) is 2. The fraction of sp³-hybridized carbons (Fsp3) is 0.444. The molecule has 0 spiro atoms. The van der Waals surface area contributed by atoms with Gasteiger partial charge in [0.2, 0.25) is 0 Å². The number of rotatable bonds is 3. The van der Waals surface area contributed by atoms with Crippen LogP contribution < -0.4 is 0 Å². The molecule has 4 heteroatoms. The maximum atomic E-state index is 12.9. The number of Topliss-reactive ketones (excluding diaryl/α,β-unsaturated/α-hetero) is 2. The summed E-state index contributed by atoms with van der Waals surface area (Å²) in [6.07, 6.45) is 1.49. The molecule has 0 fully saturated rings. The molecule has 0 bridgehead atoms. The molecular formula is C18H22O4. The lowest BCUT2D eigenvalue weighted by atomic mass is 9.73. The first-order valence-corrected chi connectivity index (χ1v) is 7.41. The highest BCUT2D eigenvalue weighted by Gasteiger charge is 2.44. The molecule has 1 aliphatic carbocycles.